The number of aromatic nitrogens is 21. The summed E-state index contributed by atoms with van der Waals surface area (Å²) in [7, 11) is 0. The lowest BCUT2D eigenvalue weighted by Gasteiger charge is -2.34. The number of pyridine rings is 7. The molecule has 0 saturated heterocycles. The number of aliphatic hydroxyl groups excluding tert-OH is 7. The molecule has 0 bridgehead atoms. The van der Waals surface area contributed by atoms with Gasteiger partial charge >= 0.3 is 12.4 Å². The molecule has 0 aliphatic heterocycles. The van der Waals surface area contributed by atoms with Gasteiger partial charge in [0.1, 0.15) is 56.1 Å². The Morgan fingerprint density at radius 3 is 0.859 bits per heavy atom. The molecule has 14 heterocycles. The van der Waals surface area contributed by atoms with Gasteiger partial charge in [-0.2, -0.15) is 61.2 Å². The number of aliphatic hydroxyl groups is 7. The largest absolute Gasteiger partial charge is 0.396 e. The van der Waals surface area contributed by atoms with Gasteiger partial charge in [0, 0.05) is 80.6 Å². The number of rotatable bonds is 44. The molecule has 810 valence electrons. The van der Waals surface area contributed by atoms with Crippen molar-refractivity contribution in [2.24, 2.45) is 0 Å². The molecule has 0 fully saturated rings. The van der Waals surface area contributed by atoms with Gasteiger partial charge in [-0.1, -0.05) is 98.8 Å². The number of fused-ring (bicyclic) bond motifs is 7. The molecule has 0 spiro atoms. The molecule has 42 nitrogen and oxygen atoms in total. The van der Waals surface area contributed by atoms with Crippen LogP contribution < -0.4 is 77.4 Å². The zero-order chi connectivity index (χ0) is 109. The quantitative estimate of drug-likeness (QED) is 0.0158. The molecule has 149 heavy (non-hydrogen) atoms. The van der Waals surface area contributed by atoms with Crippen LogP contribution in [0.15, 0.2) is 110 Å². The molecule has 0 aromatic carbocycles. The van der Waals surface area contributed by atoms with E-state index in [1.54, 1.807) is 56.0 Å². The molecular weight excluding hydrogens is 1950 g/mol. The molecule has 14 rings (SSSR count). The first-order valence-corrected chi connectivity index (χ1v) is 49.1. The molecule has 14 aromatic rings. The van der Waals surface area contributed by atoms with Gasteiger partial charge in [-0.3, -0.25) is 19.9 Å². The highest BCUT2D eigenvalue weighted by atomic mass is 19.4. The standard InChI is InChI=1S/C15H22FN5O.C15H23N5O.2C14H20FN5O.C14H21N5O.2C13H16F3N5O/c1-3-4-5-15(2,6-7-22)21-13-12-11(19-14(17)20-13)8-10(16)9-18-12;1-4-5-8-15(3,10(2)21)20-13-12-11(7-6-9-17-12)18-14(16)19-13;2*1-3-4-5-14(2,8-21)20-12-11-10(18-13(16)19-12)6-9(15)7-17-11;1-2-3-5-10(7-9-20)17-13-12-11(6-4-8-16-12)18-14(15)19-13;2*14-13(15,16)5-1-3-8(7-22)19-11-10-9(4-2-6-18-10)20-12(17)21-11/h8-9,22H,3-7H2,1-2H3,(H3,17,19,20,21);6-7,9-10,21H,4-5,8H2,1-3H3,(H3,16,18,19,20);2*6-7,21H,3-5,8H2,1-2H3,(H3,16,18,19,20);4,6,8,10,20H,2-3,5,7,9H2,1H3,(H3,15,17,18,19);2*2,4,6,8,22H,1,3,5,7H2,(H3,17,19,20,21)/t15-;10?,15-;2*14-;10-;2*8-/m0111111/s1. The van der Waals surface area contributed by atoms with E-state index in [1.165, 1.54) is 18.2 Å². The van der Waals surface area contributed by atoms with E-state index in [4.69, 9.17) is 45.2 Å². The zero-order valence-electron chi connectivity index (χ0n) is 85.2. The van der Waals surface area contributed by atoms with Crippen LogP contribution >= 0.6 is 0 Å². The molecule has 14 aromatic heterocycles. The van der Waals surface area contributed by atoms with Crippen LogP contribution in [-0.2, 0) is 0 Å². The Morgan fingerprint density at radius 2 is 0.570 bits per heavy atom. The van der Waals surface area contributed by atoms with Crippen molar-refractivity contribution in [3.8, 4) is 0 Å². The predicted molar refractivity (Wildman–Crippen MR) is 563 cm³/mol. The second-order valence-electron chi connectivity index (χ2n) is 36.6. The van der Waals surface area contributed by atoms with Gasteiger partial charge in [-0.25, -0.2) is 63.0 Å². The van der Waals surface area contributed by atoms with Crippen LogP contribution in [0.4, 0.5) is 122 Å². The topological polar surface area (TPSA) is 679 Å². The van der Waals surface area contributed by atoms with Crippen molar-refractivity contribution in [3.63, 3.8) is 0 Å². The number of hydrogen-bond donors (Lipinski definition) is 21. The monoisotopic (exact) mass is 2090 g/mol. The minimum absolute atomic E-state index is 0.0231. The number of halogens is 9. The Kier molecular flexibility index (Phi) is 46.6. The normalized spacial score (nSPS) is 13.8. The number of nitrogens with zero attached hydrogens (tertiary/aromatic N) is 21. The lowest BCUT2D eigenvalue weighted by Crippen LogP contribution is -2.45. The first kappa shape index (κ1) is 120. The second-order valence-corrected chi connectivity index (χ2v) is 36.6. The summed E-state index contributed by atoms with van der Waals surface area (Å²) >= 11 is 0. The fourth-order valence-corrected chi connectivity index (χ4v) is 15.2. The zero-order valence-corrected chi connectivity index (χ0v) is 85.2. The van der Waals surface area contributed by atoms with Crippen LogP contribution in [0.5, 0.6) is 0 Å². The maximum Gasteiger partial charge on any atom is 0.389 e. The van der Waals surface area contributed by atoms with E-state index in [0.717, 1.165) is 120 Å². The lowest BCUT2D eigenvalue weighted by molar-refractivity contribution is -0.136. The number of anilines is 14. The van der Waals surface area contributed by atoms with Gasteiger partial charge < -0.3 is 113 Å². The second kappa shape index (κ2) is 57.9. The summed E-state index contributed by atoms with van der Waals surface area (Å²) in [6.07, 6.45) is 15.0. The summed E-state index contributed by atoms with van der Waals surface area (Å²) in [5.41, 5.74) is 44.9. The van der Waals surface area contributed by atoms with Crippen molar-refractivity contribution in [1.82, 2.24) is 105 Å². The molecule has 0 amide bonds. The number of nitrogens with one attached hydrogen (secondary N) is 7. The van der Waals surface area contributed by atoms with Gasteiger partial charge in [0.25, 0.3) is 0 Å². The van der Waals surface area contributed by atoms with E-state index in [9.17, 15) is 70.2 Å². The van der Waals surface area contributed by atoms with Gasteiger partial charge in [0.05, 0.1) is 118 Å². The first-order valence-electron chi connectivity index (χ1n) is 49.1. The maximum atomic E-state index is 13.3. The Bertz CT molecular complexity index is 6290. The summed E-state index contributed by atoms with van der Waals surface area (Å²) in [6.45, 7) is 19.6. The van der Waals surface area contributed by atoms with Crippen molar-refractivity contribution in [2.75, 3.05) is 117 Å². The minimum Gasteiger partial charge on any atom is -0.396 e. The van der Waals surface area contributed by atoms with Gasteiger partial charge in [-0.05, 0) is 154 Å². The summed E-state index contributed by atoms with van der Waals surface area (Å²) < 4.78 is 113. The Balaban J connectivity index is 0.000000212. The predicted octanol–water partition coefficient (Wildman–Crippen LogP) is 15.2. The summed E-state index contributed by atoms with van der Waals surface area (Å²) in [5.74, 6) is 2.25. The molecule has 28 N–H and O–H groups in total. The summed E-state index contributed by atoms with van der Waals surface area (Å²) in [6, 6.07) is 16.9. The van der Waals surface area contributed by atoms with Crippen molar-refractivity contribution in [1.29, 1.82) is 0 Å². The van der Waals surface area contributed by atoms with Crippen LogP contribution in [0.1, 0.15) is 217 Å². The van der Waals surface area contributed by atoms with E-state index < -0.39 is 77.5 Å². The molecule has 0 aliphatic rings. The van der Waals surface area contributed by atoms with E-state index in [1.807, 2.05) is 52.0 Å². The van der Waals surface area contributed by atoms with Gasteiger partial charge in [0.15, 0.2) is 40.7 Å². The summed E-state index contributed by atoms with van der Waals surface area (Å²) in [4.78, 5) is 86.3. The highest BCUT2D eigenvalue weighted by molar-refractivity contribution is 5.91. The smallest absolute Gasteiger partial charge is 0.389 e. The average molecular weight is 2090 g/mol. The van der Waals surface area contributed by atoms with Crippen LogP contribution in [0.3, 0.4) is 0 Å². The molecule has 1 unspecified atom stereocenters. The Labute approximate surface area is 855 Å². The van der Waals surface area contributed by atoms with Crippen molar-refractivity contribution < 1.29 is 75.3 Å². The number of nitrogen functional groups attached to an aromatic ring is 7. The molecule has 51 heteroatoms. The number of hydrogen-bond acceptors (Lipinski definition) is 42. The van der Waals surface area contributed by atoms with E-state index in [0.29, 0.717) is 125 Å². The Hall–Kier alpha value is -14.3. The molecule has 0 saturated carbocycles. The lowest BCUT2D eigenvalue weighted by atomic mass is 9.89. The third-order valence-electron chi connectivity index (χ3n) is 23.6. The van der Waals surface area contributed by atoms with Crippen LogP contribution in [0, 0.1) is 17.5 Å². The molecule has 0 aliphatic carbocycles. The van der Waals surface area contributed by atoms with Gasteiger partial charge in [-0.15, -0.1) is 0 Å². The molecule has 8 atom stereocenters. The SMILES string of the molecule is CCCC[C@@](C)(CCO)Nc1nc(N)nc2cc(F)cnc12.CCCC[C@@](C)(Nc1nc(N)nc2cccnc12)C(C)O.CCCC[C@H](CCO)Nc1nc(N)nc2cccnc12.CCCC[C@](C)(CO)Nc1nc(N)nc2cc(F)cnc12.CCCC[C@](C)(CO)Nc1nc(N)nc2cc(F)cnc12.Nc1nc(N[C@@H](CO)CCCC(F)(F)F)c2ncccc2n1.Nc1nc(N[C@@H](CO)CCCC(F)(F)F)c2ncccc2n1. The Morgan fingerprint density at radius 1 is 0.302 bits per heavy atom. The van der Waals surface area contributed by atoms with E-state index in [-0.39, 0.29) is 119 Å². The fraction of sp³-hybridized carbons (Fsp3) is 0.500. The van der Waals surface area contributed by atoms with Crippen molar-refractivity contribution in [2.45, 2.75) is 276 Å². The van der Waals surface area contributed by atoms with Crippen LogP contribution in [-0.4, -0.2) is 239 Å². The number of alkyl halides is 6. The molecule has 0 radical (unpaired) electrons. The van der Waals surface area contributed by atoms with Crippen molar-refractivity contribution in [3.05, 3.63) is 128 Å². The van der Waals surface area contributed by atoms with Gasteiger partial charge in [0.2, 0.25) is 41.6 Å². The highest BCUT2D eigenvalue weighted by Crippen LogP contribution is 2.35. The number of unbranched alkanes of at least 4 members (excludes halogenated alkanes) is 5. The molecular formula is C98H138F9N35O7. The maximum absolute atomic E-state index is 13.3. The number of nitrogens with two attached hydrogens (primary N) is 7. The highest BCUT2D eigenvalue weighted by Gasteiger charge is 2.34. The average Bonchev–Trinajstić information content (AvgIpc) is 0.799. The fourth-order valence-electron chi connectivity index (χ4n) is 15.2. The van der Waals surface area contributed by atoms with Crippen LogP contribution in [0.25, 0.3) is 77.2 Å². The third-order valence-corrected chi connectivity index (χ3v) is 23.6. The van der Waals surface area contributed by atoms with E-state index in [2.05, 4.69) is 176 Å². The third kappa shape index (κ3) is 38.4. The first-order chi connectivity index (χ1) is 70.9. The van der Waals surface area contributed by atoms with Crippen LogP contribution in [0.2, 0.25) is 0 Å². The summed E-state index contributed by atoms with van der Waals surface area (Å²) in [5, 5.41) is 88.7. The minimum atomic E-state index is -4.20. The van der Waals surface area contributed by atoms with Crippen molar-refractivity contribution >= 4 is 160 Å². The van der Waals surface area contributed by atoms with E-state index >= 15 is 0 Å².